The van der Waals surface area contributed by atoms with Gasteiger partial charge in [0.1, 0.15) is 0 Å². The molecule has 6 heteroatoms. The highest BCUT2D eigenvalue weighted by Gasteiger charge is 2.07. The summed E-state index contributed by atoms with van der Waals surface area (Å²) in [5.74, 6) is -0.869. The van der Waals surface area contributed by atoms with E-state index in [9.17, 15) is 4.79 Å². The summed E-state index contributed by atoms with van der Waals surface area (Å²) in [7, 11) is 0. The Morgan fingerprint density at radius 1 is 1.40 bits per heavy atom. The molecule has 0 unspecified atom stereocenters. The lowest BCUT2D eigenvalue weighted by Crippen LogP contribution is -2.08. The summed E-state index contributed by atoms with van der Waals surface area (Å²) in [6.45, 7) is 0.288. The third-order valence-corrected chi connectivity index (χ3v) is 2.70. The van der Waals surface area contributed by atoms with Crippen LogP contribution in [0.4, 0.5) is 5.69 Å². The second-order valence-corrected chi connectivity index (χ2v) is 4.55. The molecule has 0 aliphatic heterocycles. The quantitative estimate of drug-likeness (QED) is 0.892. The molecule has 82 valence electrons. The van der Waals surface area contributed by atoms with Crippen molar-refractivity contribution in [1.82, 2.24) is 0 Å². The number of hydrogen-bond donors (Lipinski definition) is 2. The predicted molar refractivity (Wildman–Crippen MR) is 64.9 cm³/mol. The molecule has 0 atom stereocenters. The Kier molecular flexibility index (Phi) is 4.70. The van der Waals surface area contributed by atoms with Crippen LogP contribution in [0.2, 0.25) is 10.0 Å². The van der Waals surface area contributed by atoms with Gasteiger partial charge in [-0.05, 0) is 12.1 Å². The second-order valence-electron chi connectivity index (χ2n) is 2.81. The molecular formula is C9H8BrCl2NO2. The zero-order chi connectivity index (χ0) is 11.4. The lowest BCUT2D eigenvalue weighted by molar-refractivity contribution is -0.136. The maximum absolute atomic E-state index is 10.3. The van der Waals surface area contributed by atoms with E-state index in [2.05, 4.69) is 21.2 Å². The molecule has 1 aromatic carbocycles. The minimum absolute atomic E-state index is 0.0166. The molecule has 0 saturated heterocycles. The summed E-state index contributed by atoms with van der Waals surface area (Å²) >= 11 is 15.1. The highest BCUT2D eigenvalue weighted by atomic mass is 79.9. The largest absolute Gasteiger partial charge is 0.481 e. The number of hydrogen-bond acceptors (Lipinski definition) is 2. The number of benzene rings is 1. The number of carboxylic acid groups (broad SMARTS) is 1. The van der Waals surface area contributed by atoms with E-state index >= 15 is 0 Å². The van der Waals surface area contributed by atoms with E-state index in [0.717, 1.165) is 4.47 Å². The molecule has 3 nitrogen and oxygen atoms in total. The number of anilines is 1. The Balaban J connectivity index is 2.72. The predicted octanol–water partition coefficient (Wildman–Crippen LogP) is 3.64. The fourth-order valence-corrected chi connectivity index (χ4v) is 2.35. The van der Waals surface area contributed by atoms with Crippen molar-refractivity contribution < 1.29 is 9.90 Å². The number of aliphatic carboxylic acids is 1. The SMILES string of the molecule is O=C(O)CCNc1c(Cl)cc(Br)cc1Cl. The van der Waals surface area contributed by atoms with Gasteiger partial charge in [0.15, 0.2) is 0 Å². The summed E-state index contributed by atoms with van der Waals surface area (Å²) < 4.78 is 0.779. The molecular weight excluding hydrogens is 305 g/mol. The van der Waals surface area contributed by atoms with Gasteiger partial charge in [-0.1, -0.05) is 39.1 Å². The molecule has 0 aliphatic carbocycles. The van der Waals surface area contributed by atoms with E-state index in [4.69, 9.17) is 28.3 Å². The zero-order valence-electron chi connectivity index (χ0n) is 7.56. The Bertz CT molecular complexity index is 361. The molecule has 0 aromatic heterocycles. The summed E-state index contributed by atoms with van der Waals surface area (Å²) in [6.07, 6.45) is 0.0166. The van der Waals surface area contributed by atoms with Gasteiger partial charge in [-0.2, -0.15) is 0 Å². The van der Waals surface area contributed by atoms with Gasteiger partial charge in [0.25, 0.3) is 0 Å². The van der Waals surface area contributed by atoms with Crippen molar-refractivity contribution in [2.75, 3.05) is 11.9 Å². The molecule has 0 saturated carbocycles. The third-order valence-electron chi connectivity index (χ3n) is 1.65. The molecule has 0 amide bonds. The van der Waals surface area contributed by atoms with Crippen LogP contribution in [0.25, 0.3) is 0 Å². The van der Waals surface area contributed by atoms with Gasteiger partial charge in [-0.15, -0.1) is 0 Å². The first-order valence-electron chi connectivity index (χ1n) is 4.11. The Hall–Kier alpha value is -0.450. The first-order chi connectivity index (χ1) is 7.00. The van der Waals surface area contributed by atoms with Crippen LogP contribution in [0.15, 0.2) is 16.6 Å². The maximum atomic E-state index is 10.3. The van der Waals surface area contributed by atoms with Crippen molar-refractivity contribution >= 4 is 50.8 Å². The van der Waals surface area contributed by atoms with Crippen molar-refractivity contribution in [2.24, 2.45) is 0 Å². The summed E-state index contributed by atoms with van der Waals surface area (Å²) in [5.41, 5.74) is 0.558. The minimum atomic E-state index is -0.869. The minimum Gasteiger partial charge on any atom is -0.481 e. The highest BCUT2D eigenvalue weighted by Crippen LogP contribution is 2.33. The van der Waals surface area contributed by atoms with Crippen LogP contribution < -0.4 is 5.32 Å². The van der Waals surface area contributed by atoms with Gasteiger partial charge < -0.3 is 10.4 Å². The smallest absolute Gasteiger partial charge is 0.305 e. The van der Waals surface area contributed by atoms with Gasteiger partial charge in [0, 0.05) is 11.0 Å². The first kappa shape index (κ1) is 12.6. The van der Waals surface area contributed by atoms with Crippen LogP contribution in [0.1, 0.15) is 6.42 Å². The lowest BCUT2D eigenvalue weighted by atomic mass is 10.3. The first-order valence-corrected chi connectivity index (χ1v) is 5.66. The fraction of sp³-hybridized carbons (Fsp3) is 0.222. The summed E-state index contributed by atoms with van der Waals surface area (Å²) in [6, 6.07) is 3.38. The van der Waals surface area contributed by atoms with Crippen LogP contribution in [0.5, 0.6) is 0 Å². The number of rotatable bonds is 4. The van der Waals surface area contributed by atoms with Crippen LogP contribution in [0.3, 0.4) is 0 Å². The van der Waals surface area contributed by atoms with E-state index in [1.54, 1.807) is 12.1 Å². The normalized spacial score (nSPS) is 10.1. The maximum Gasteiger partial charge on any atom is 0.305 e. The van der Waals surface area contributed by atoms with Crippen LogP contribution in [0, 0.1) is 0 Å². The lowest BCUT2D eigenvalue weighted by Gasteiger charge is -2.09. The van der Waals surface area contributed by atoms with Crippen molar-refractivity contribution in [1.29, 1.82) is 0 Å². The Labute approximate surface area is 106 Å². The molecule has 15 heavy (non-hydrogen) atoms. The molecule has 0 fully saturated rings. The molecule has 0 radical (unpaired) electrons. The van der Waals surface area contributed by atoms with Gasteiger partial charge in [0.2, 0.25) is 0 Å². The highest BCUT2D eigenvalue weighted by molar-refractivity contribution is 9.10. The average molecular weight is 313 g/mol. The topological polar surface area (TPSA) is 49.3 Å². The van der Waals surface area contributed by atoms with Crippen molar-refractivity contribution in [3.63, 3.8) is 0 Å². The number of halogens is 3. The number of carboxylic acids is 1. The molecule has 0 bridgehead atoms. The summed E-state index contributed by atoms with van der Waals surface area (Å²) in [4.78, 5) is 10.3. The van der Waals surface area contributed by atoms with Gasteiger partial charge in [-0.25, -0.2) is 0 Å². The van der Waals surface area contributed by atoms with E-state index < -0.39 is 5.97 Å². The third kappa shape index (κ3) is 3.89. The molecule has 0 spiro atoms. The van der Waals surface area contributed by atoms with Crippen molar-refractivity contribution in [3.8, 4) is 0 Å². The van der Waals surface area contributed by atoms with Gasteiger partial charge in [-0.3, -0.25) is 4.79 Å². The van der Waals surface area contributed by atoms with Crippen molar-refractivity contribution in [2.45, 2.75) is 6.42 Å². The molecule has 1 rings (SSSR count). The fourth-order valence-electron chi connectivity index (χ4n) is 1.01. The number of carbonyl (C=O) groups is 1. The van der Waals surface area contributed by atoms with E-state index in [1.165, 1.54) is 0 Å². The molecule has 0 aliphatic rings. The Morgan fingerprint density at radius 2 is 1.93 bits per heavy atom. The second kappa shape index (κ2) is 5.58. The van der Waals surface area contributed by atoms with Crippen LogP contribution >= 0.6 is 39.1 Å². The number of nitrogens with one attached hydrogen (secondary N) is 1. The van der Waals surface area contributed by atoms with E-state index in [1.807, 2.05) is 0 Å². The van der Waals surface area contributed by atoms with Gasteiger partial charge >= 0.3 is 5.97 Å². The monoisotopic (exact) mass is 311 g/mol. The zero-order valence-corrected chi connectivity index (χ0v) is 10.7. The van der Waals surface area contributed by atoms with E-state index in [-0.39, 0.29) is 13.0 Å². The molecule has 1 aromatic rings. The van der Waals surface area contributed by atoms with E-state index in [0.29, 0.717) is 15.7 Å². The molecule has 2 N–H and O–H groups in total. The standard InChI is InChI=1S/C9H8BrCl2NO2/c10-5-3-6(11)9(7(12)4-5)13-2-1-8(14)15/h3-4,13H,1-2H2,(H,14,15). The van der Waals surface area contributed by atoms with Gasteiger partial charge in [0.05, 0.1) is 22.2 Å². The van der Waals surface area contributed by atoms with Crippen LogP contribution in [-0.2, 0) is 4.79 Å². The molecule has 0 heterocycles. The average Bonchev–Trinajstić information content (AvgIpc) is 2.08. The Morgan fingerprint density at radius 3 is 2.40 bits per heavy atom. The van der Waals surface area contributed by atoms with Crippen molar-refractivity contribution in [3.05, 3.63) is 26.7 Å². The summed E-state index contributed by atoms with van der Waals surface area (Å²) in [5, 5.41) is 12.3. The van der Waals surface area contributed by atoms with Crippen LogP contribution in [-0.4, -0.2) is 17.6 Å².